The lowest BCUT2D eigenvalue weighted by molar-refractivity contribution is 0.415. The Bertz CT molecular complexity index is 720. The van der Waals surface area contributed by atoms with Gasteiger partial charge in [-0.2, -0.15) is 0 Å². The summed E-state index contributed by atoms with van der Waals surface area (Å²) in [5.41, 5.74) is 2.26. The molecule has 2 aromatic rings. The molecule has 2 rings (SSSR count). The molecule has 0 saturated carbocycles. The zero-order valence-electron chi connectivity index (χ0n) is 14.2. The summed E-state index contributed by atoms with van der Waals surface area (Å²) in [7, 11) is -1.88. The number of nitrogens with two attached hydrogens (primary N) is 1. The van der Waals surface area contributed by atoms with Crippen molar-refractivity contribution < 1.29 is 13.2 Å². The fourth-order valence-corrected chi connectivity index (χ4v) is 2.48. The van der Waals surface area contributed by atoms with Gasteiger partial charge in [0, 0.05) is 0 Å². The van der Waals surface area contributed by atoms with Crippen LogP contribution in [0, 0.1) is 0 Å². The largest absolute Gasteiger partial charge is 0.497 e. The molecule has 0 unspecified atom stereocenters. The van der Waals surface area contributed by atoms with E-state index in [0.29, 0.717) is 0 Å². The van der Waals surface area contributed by atoms with Crippen LogP contribution in [0.25, 0.3) is 6.08 Å². The van der Waals surface area contributed by atoms with Crippen LogP contribution in [0.2, 0.25) is 0 Å². The number of aryl methyl sites for hydroxylation is 1. The van der Waals surface area contributed by atoms with Crippen LogP contribution in [0.1, 0.15) is 30.9 Å². The van der Waals surface area contributed by atoms with Crippen LogP contribution in [0.5, 0.6) is 5.75 Å². The van der Waals surface area contributed by atoms with Gasteiger partial charge in [-0.25, -0.2) is 13.6 Å². The average molecular weight is 347 g/mol. The Morgan fingerprint density at radius 3 is 2.08 bits per heavy atom. The van der Waals surface area contributed by atoms with Crippen LogP contribution in [-0.4, -0.2) is 15.5 Å². The number of methoxy groups -OCH3 is 1. The number of ether oxygens (including phenoxy) is 1. The quantitative estimate of drug-likeness (QED) is 0.858. The molecule has 0 fully saturated rings. The molecule has 24 heavy (non-hydrogen) atoms. The van der Waals surface area contributed by atoms with Crippen LogP contribution in [-0.2, 0) is 16.4 Å². The maximum atomic E-state index is 10.9. The van der Waals surface area contributed by atoms with Gasteiger partial charge in [0.1, 0.15) is 5.75 Å². The number of benzene rings is 2. The van der Waals surface area contributed by atoms with Crippen LogP contribution < -0.4 is 9.88 Å². The molecule has 0 heterocycles. The van der Waals surface area contributed by atoms with Gasteiger partial charge < -0.3 is 4.74 Å². The second-order valence-electron chi connectivity index (χ2n) is 5.27. The Labute approximate surface area is 145 Å². The van der Waals surface area contributed by atoms with E-state index in [1.54, 1.807) is 25.3 Å². The molecule has 130 valence electrons. The van der Waals surface area contributed by atoms with Gasteiger partial charge in [0.2, 0.25) is 10.0 Å². The zero-order valence-corrected chi connectivity index (χ0v) is 15.1. The molecular weight excluding hydrogens is 322 g/mol. The molecule has 4 nitrogen and oxygen atoms in total. The average Bonchev–Trinajstić information content (AvgIpc) is 2.60. The van der Waals surface area contributed by atoms with E-state index in [9.17, 15) is 8.42 Å². The van der Waals surface area contributed by atoms with Crippen LogP contribution in [0.3, 0.4) is 0 Å². The van der Waals surface area contributed by atoms with Gasteiger partial charge in [-0.1, -0.05) is 50.3 Å². The third-order valence-electron chi connectivity index (χ3n) is 3.42. The molecule has 0 bridgehead atoms. The minimum absolute atomic E-state index is 0.178. The smallest absolute Gasteiger partial charge is 0.238 e. The van der Waals surface area contributed by atoms with Crippen molar-refractivity contribution in [2.75, 3.05) is 7.11 Å². The molecule has 0 spiro atoms. The van der Waals surface area contributed by atoms with Crippen molar-refractivity contribution >= 4 is 16.1 Å². The summed E-state index contributed by atoms with van der Waals surface area (Å²) in [4.78, 5) is 0.178. The molecule has 0 radical (unpaired) electrons. The van der Waals surface area contributed by atoms with Gasteiger partial charge >= 0.3 is 0 Å². The first-order chi connectivity index (χ1) is 11.4. The summed E-state index contributed by atoms with van der Waals surface area (Å²) in [6.45, 7) is 5.77. The van der Waals surface area contributed by atoms with Crippen molar-refractivity contribution in [3.8, 4) is 5.75 Å². The van der Waals surface area contributed by atoms with Crippen molar-refractivity contribution in [2.24, 2.45) is 5.14 Å². The summed E-state index contributed by atoms with van der Waals surface area (Å²) < 4.78 is 26.9. The highest BCUT2D eigenvalue weighted by molar-refractivity contribution is 7.89. The van der Waals surface area contributed by atoms with Crippen LogP contribution in [0.4, 0.5) is 0 Å². The standard InChI is InChI=1S/C10H15NO2S.C9H10O/c1-2-3-4-9-5-7-10(8-6-9)14(11,12)13;1-3-8-4-6-9(10-2)7-5-8/h5-8H,2-4H2,1H3,(H2,11,12,13);3-7H,1H2,2H3. The van der Waals surface area contributed by atoms with Crippen molar-refractivity contribution in [2.45, 2.75) is 31.1 Å². The normalized spacial score (nSPS) is 10.5. The fraction of sp³-hybridized carbons (Fsp3) is 0.263. The Kier molecular flexibility index (Phi) is 8.22. The number of hydrogen-bond acceptors (Lipinski definition) is 3. The topological polar surface area (TPSA) is 69.4 Å². The Morgan fingerprint density at radius 2 is 1.67 bits per heavy atom. The van der Waals surface area contributed by atoms with Crippen molar-refractivity contribution in [3.05, 3.63) is 66.2 Å². The van der Waals surface area contributed by atoms with Gasteiger partial charge in [-0.3, -0.25) is 0 Å². The lowest BCUT2D eigenvalue weighted by Gasteiger charge is -2.01. The summed E-state index contributed by atoms with van der Waals surface area (Å²) >= 11 is 0. The molecule has 0 amide bonds. The maximum Gasteiger partial charge on any atom is 0.238 e. The highest BCUT2D eigenvalue weighted by Gasteiger charge is 2.05. The lowest BCUT2D eigenvalue weighted by atomic mass is 10.1. The molecule has 5 heteroatoms. The molecule has 2 N–H and O–H groups in total. The van der Waals surface area contributed by atoms with Gasteiger partial charge in [0.05, 0.1) is 12.0 Å². The van der Waals surface area contributed by atoms with E-state index in [1.165, 1.54) is 0 Å². The monoisotopic (exact) mass is 347 g/mol. The number of sulfonamides is 1. The zero-order chi connectivity index (χ0) is 18.0. The van der Waals surface area contributed by atoms with E-state index >= 15 is 0 Å². The van der Waals surface area contributed by atoms with E-state index in [-0.39, 0.29) is 4.90 Å². The SMILES string of the molecule is C=Cc1ccc(OC)cc1.CCCCc1ccc(S(N)(=O)=O)cc1. The molecule has 0 aliphatic heterocycles. The molecular formula is C19H25NO3S. The lowest BCUT2D eigenvalue weighted by Crippen LogP contribution is -2.11. The minimum atomic E-state index is -3.54. The summed E-state index contributed by atoms with van der Waals surface area (Å²) in [5.74, 6) is 0.880. The van der Waals surface area contributed by atoms with Crippen molar-refractivity contribution in [1.29, 1.82) is 0 Å². The van der Waals surface area contributed by atoms with Gasteiger partial charge in [-0.05, 0) is 48.2 Å². The van der Waals surface area contributed by atoms with Gasteiger partial charge in [0.15, 0.2) is 0 Å². The third-order valence-corrected chi connectivity index (χ3v) is 4.35. The summed E-state index contributed by atoms with van der Waals surface area (Å²) in [6.07, 6.45) is 5.05. The summed E-state index contributed by atoms with van der Waals surface area (Å²) in [5, 5.41) is 4.98. The molecule has 0 aliphatic carbocycles. The first-order valence-corrected chi connectivity index (χ1v) is 9.33. The molecule has 2 aromatic carbocycles. The maximum absolute atomic E-state index is 10.9. The van der Waals surface area contributed by atoms with E-state index < -0.39 is 10.0 Å². The van der Waals surface area contributed by atoms with Crippen LogP contribution >= 0.6 is 0 Å². The second kappa shape index (κ2) is 9.90. The highest BCUT2D eigenvalue weighted by atomic mass is 32.2. The Balaban J connectivity index is 0.000000254. The van der Waals surface area contributed by atoms with E-state index in [2.05, 4.69) is 13.5 Å². The van der Waals surface area contributed by atoms with E-state index in [4.69, 9.17) is 9.88 Å². The van der Waals surface area contributed by atoms with E-state index in [0.717, 1.165) is 36.1 Å². The molecule has 0 atom stereocenters. The first-order valence-electron chi connectivity index (χ1n) is 7.79. The van der Waals surface area contributed by atoms with Gasteiger partial charge in [-0.15, -0.1) is 0 Å². The Hall–Kier alpha value is -2.11. The summed E-state index contributed by atoms with van der Waals surface area (Å²) in [6, 6.07) is 14.5. The molecule has 0 aromatic heterocycles. The molecule has 0 aliphatic rings. The molecule has 0 saturated heterocycles. The number of hydrogen-bond donors (Lipinski definition) is 1. The third kappa shape index (κ3) is 6.98. The Morgan fingerprint density at radius 1 is 1.08 bits per heavy atom. The number of unbranched alkanes of at least 4 members (excludes halogenated alkanes) is 1. The number of primary sulfonamides is 1. The van der Waals surface area contributed by atoms with Crippen molar-refractivity contribution in [1.82, 2.24) is 0 Å². The second-order valence-corrected chi connectivity index (χ2v) is 6.83. The van der Waals surface area contributed by atoms with E-state index in [1.807, 2.05) is 36.4 Å². The number of rotatable bonds is 6. The predicted octanol–water partition coefficient (Wildman–Crippen LogP) is 4.01. The van der Waals surface area contributed by atoms with Gasteiger partial charge in [0.25, 0.3) is 0 Å². The minimum Gasteiger partial charge on any atom is -0.497 e. The van der Waals surface area contributed by atoms with Crippen molar-refractivity contribution in [3.63, 3.8) is 0 Å². The first kappa shape index (κ1) is 19.9. The fourth-order valence-electron chi connectivity index (χ4n) is 1.97. The predicted molar refractivity (Wildman–Crippen MR) is 99.5 cm³/mol. The highest BCUT2D eigenvalue weighted by Crippen LogP contribution is 2.11. The van der Waals surface area contributed by atoms with Crippen LogP contribution in [0.15, 0.2) is 60.0 Å².